The van der Waals surface area contributed by atoms with Gasteiger partial charge in [-0.15, -0.1) is 0 Å². The van der Waals surface area contributed by atoms with Gasteiger partial charge in [0.05, 0.1) is 11.4 Å². The Morgan fingerprint density at radius 2 is 1.59 bits per heavy atom. The van der Waals surface area contributed by atoms with Crippen LogP contribution in [0.4, 0.5) is 17.1 Å². The van der Waals surface area contributed by atoms with Crippen LogP contribution in [0, 0.1) is 0 Å². The Bertz CT molecular complexity index is 494. The second-order valence-corrected chi connectivity index (χ2v) is 3.85. The van der Waals surface area contributed by atoms with Crippen molar-refractivity contribution in [3.05, 3.63) is 54.1 Å². The van der Waals surface area contributed by atoms with E-state index in [4.69, 9.17) is 5.73 Å². The van der Waals surface area contributed by atoms with E-state index < -0.39 is 0 Å². The first kappa shape index (κ1) is 11.3. The lowest BCUT2D eigenvalue weighted by Crippen LogP contribution is -2.04. The van der Waals surface area contributed by atoms with Crippen molar-refractivity contribution in [2.45, 2.75) is 6.54 Å². The highest BCUT2D eigenvalue weighted by Gasteiger charge is 2.01. The van der Waals surface area contributed by atoms with Gasteiger partial charge in [0, 0.05) is 19.3 Å². The number of benzene rings is 2. The van der Waals surface area contributed by atoms with Crippen molar-refractivity contribution >= 4 is 17.1 Å². The first-order valence-corrected chi connectivity index (χ1v) is 5.65. The molecule has 0 aliphatic rings. The molecule has 0 saturated carbocycles. The lowest BCUT2D eigenvalue weighted by atomic mass is 10.1. The molecule has 0 amide bonds. The van der Waals surface area contributed by atoms with Gasteiger partial charge in [-0.3, -0.25) is 0 Å². The standard InChI is InChI=1S/C14H17N3/c1-16-13-8-4-2-6-11(13)10-17-14-9-5-3-7-12(14)15/h2-9,16-17H,10,15H2,1H3. The molecule has 0 atom stereocenters. The number of nitrogens with one attached hydrogen (secondary N) is 2. The van der Waals surface area contributed by atoms with Crippen LogP contribution in [-0.2, 0) is 6.54 Å². The molecule has 2 rings (SSSR count). The molecule has 2 aromatic carbocycles. The van der Waals surface area contributed by atoms with E-state index in [1.807, 2.05) is 43.4 Å². The molecule has 4 N–H and O–H groups in total. The molecule has 0 unspecified atom stereocenters. The van der Waals surface area contributed by atoms with Crippen molar-refractivity contribution in [2.75, 3.05) is 23.4 Å². The zero-order chi connectivity index (χ0) is 12.1. The van der Waals surface area contributed by atoms with E-state index in [0.717, 1.165) is 23.6 Å². The van der Waals surface area contributed by atoms with Crippen LogP contribution < -0.4 is 16.4 Å². The molecule has 0 heterocycles. The summed E-state index contributed by atoms with van der Waals surface area (Å²) in [5, 5.41) is 6.51. The smallest absolute Gasteiger partial charge is 0.0576 e. The Balaban J connectivity index is 2.10. The summed E-state index contributed by atoms with van der Waals surface area (Å²) in [7, 11) is 1.93. The Morgan fingerprint density at radius 3 is 2.29 bits per heavy atom. The van der Waals surface area contributed by atoms with Crippen molar-refractivity contribution in [1.29, 1.82) is 0 Å². The molecule has 0 spiro atoms. The summed E-state index contributed by atoms with van der Waals surface area (Å²) in [4.78, 5) is 0. The Hall–Kier alpha value is -2.16. The van der Waals surface area contributed by atoms with Gasteiger partial charge in [-0.25, -0.2) is 0 Å². The van der Waals surface area contributed by atoms with E-state index >= 15 is 0 Å². The van der Waals surface area contributed by atoms with Gasteiger partial charge in [0.2, 0.25) is 0 Å². The molecule has 0 radical (unpaired) electrons. The molecule has 17 heavy (non-hydrogen) atoms. The highest BCUT2D eigenvalue weighted by molar-refractivity contribution is 5.66. The van der Waals surface area contributed by atoms with Gasteiger partial charge in [0.25, 0.3) is 0 Å². The Labute approximate surface area is 102 Å². The molecular weight excluding hydrogens is 210 g/mol. The third-order valence-corrected chi connectivity index (χ3v) is 2.72. The highest BCUT2D eigenvalue weighted by Crippen LogP contribution is 2.20. The molecule has 3 nitrogen and oxygen atoms in total. The van der Waals surface area contributed by atoms with Crippen molar-refractivity contribution in [3.8, 4) is 0 Å². The van der Waals surface area contributed by atoms with Gasteiger partial charge in [-0.1, -0.05) is 30.3 Å². The zero-order valence-corrected chi connectivity index (χ0v) is 9.90. The zero-order valence-electron chi connectivity index (χ0n) is 9.90. The quantitative estimate of drug-likeness (QED) is 0.704. The molecular formula is C14H17N3. The fourth-order valence-corrected chi connectivity index (χ4v) is 1.77. The van der Waals surface area contributed by atoms with Gasteiger partial charge in [0.15, 0.2) is 0 Å². The average Bonchev–Trinajstić information content (AvgIpc) is 2.38. The van der Waals surface area contributed by atoms with E-state index in [1.165, 1.54) is 5.56 Å². The highest BCUT2D eigenvalue weighted by atomic mass is 14.9. The summed E-state index contributed by atoms with van der Waals surface area (Å²) >= 11 is 0. The Kier molecular flexibility index (Phi) is 3.50. The summed E-state index contributed by atoms with van der Waals surface area (Å²) in [5.74, 6) is 0. The predicted molar refractivity (Wildman–Crippen MR) is 74.2 cm³/mol. The number of para-hydroxylation sites is 3. The van der Waals surface area contributed by atoms with Crippen molar-refractivity contribution in [1.82, 2.24) is 0 Å². The molecule has 0 fully saturated rings. The number of hydrogen-bond donors (Lipinski definition) is 3. The van der Waals surface area contributed by atoms with Gasteiger partial charge >= 0.3 is 0 Å². The van der Waals surface area contributed by atoms with Crippen LogP contribution in [0.3, 0.4) is 0 Å². The monoisotopic (exact) mass is 227 g/mol. The Morgan fingerprint density at radius 1 is 0.941 bits per heavy atom. The lowest BCUT2D eigenvalue weighted by molar-refractivity contribution is 1.15. The number of anilines is 3. The topological polar surface area (TPSA) is 50.1 Å². The minimum atomic E-state index is 0.755. The van der Waals surface area contributed by atoms with Crippen molar-refractivity contribution in [2.24, 2.45) is 0 Å². The second kappa shape index (κ2) is 5.25. The summed E-state index contributed by atoms with van der Waals surface area (Å²) in [5.41, 5.74) is 9.97. The summed E-state index contributed by atoms with van der Waals surface area (Å²) in [6, 6.07) is 16.0. The third-order valence-electron chi connectivity index (χ3n) is 2.72. The average molecular weight is 227 g/mol. The van der Waals surface area contributed by atoms with E-state index in [1.54, 1.807) is 0 Å². The summed E-state index contributed by atoms with van der Waals surface area (Å²) < 4.78 is 0. The molecule has 0 saturated heterocycles. The summed E-state index contributed by atoms with van der Waals surface area (Å²) in [6.07, 6.45) is 0. The molecule has 88 valence electrons. The molecule has 0 bridgehead atoms. The molecule has 0 aliphatic heterocycles. The summed E-state index contributed by atoms with van der Waals surface area (Å²) in [6.45, 7) is 0.755. The van der Waals surface area contributed by atoms with E-state index in [0.29, 0.717) is 0 Å². The first-order valence-electron chi connectivity index (χ1n) is 5.65. The number of nitrogen functional groups attached to an aromatic ring is 1. The van der Waals surface area contributed by atoms with Crippen molar-refractivity contribution in [3.63, 3.8) is 0 Å². The van der Waals surface area contributed by atoms with Crippen LogP contribution in [0.1, 0.15) is 5.56 Å². The van der Waals surface area contributed by atoms with E-state index in [9.17, 15) is 0 Å². The maximum absolute atomic E-state index is 5.88. The van der Waals surface area contributed by atoms with E-state index in [-0.39, 0.29) is 0 Å². The largest absolute Gasteiger partial charge is 0.397 e. The minimum Gasteiger partial charge on any atom is -0.397 e. The number of rotatable bonds is 4. The van der Waals surface area contributed by atoms with Crippen LogP contribution in [0.25, 0.3) is 0 Å². The van der Waals surface area contributed by atoms with Crippen LogP contribution in [-0.4, -0.2) is 7.05 Å². The van der Waals surface area contributed by atoms with Gasteiger partial charge in [-0.05, 0) is 23.8 Å². The molecule has 3 heteroatoms. The SMILES string of the molecule is CNc1ccccc1CNc1ccccc1N. The number of nitrogens with two attached hydrogens (primary N) is 1. The van der Waals surface area contributed by atoms with Crippen LogP contribution in [0.5, 0.6) is 0 Å². The fourth-order valence-electron chi connectivity index (χ4n) is 1.77. The second-order valence-electron chi connectivity index (χ2n) is 3.85. The minimum absolute atomic E-state index is 0.755. The molecule has 0 aromatic heterocycles. The molecule has 0 aliphatic carbocycles. The molecule has 2 aromatic rings. The van der Waals surface area contributed by atoms with Crippen LogP contribution in [0.2, 0.25) is 0 Å². The van der Waals surface area contributed by atoms with Gasteiger partial charge in [0.1, 0.15) is 0 Å². The van der Waals surface area contributed by atoms with Crippen LogP contribution in [0.15, 0.2) is 48.5 Å². The van der Waals surface area contributed by atoms with Crippen LogP contribution >= 0.6 is 0 Å². The van der Waals surface area contributed by atoms with E-state index in [2.05, 4.69) is 22.8 Å². The maximum Gasteiger partial charge on any atom is 0.0576 e. The number of hydrogen-bond acceptors (Lipinski definition) is 3. The first-order chi connectivity index (χ1) is 8.31. The lowest BCUT2D eigenvalue weighted by Gasteiger charge is -2.12. The third kappa shape index (κ3) is 2.69. The normalized spacial score (nSPS) is 9.94. The fraction of sp³-hybridized carbons (Fsp3) is 0.143. The predicted octanol–water partition coefficient (Wildman–Crippen LogP) is 2.92. The maximum atomic E-state index is 5.88. The van der Waals surface area contributed by atoms with Gasteiger partial charge in [-0.2, -0.15) is 0 Å². The van der Waals surface area contributed by atoms with Gasteiger partial charge < -0.3 is 16.4 Å². The van der Waals surface area contributed by atoms with Crippen molar-refractivity contribution < 1.29 is 0 Å².